The van der Waals surface area contributed by atoms with Gasteiger partial charge in [0.25, 0.3) is 0 Å². The molecule has 0 bridgehead atoms. The van der Waals surface area contributed by atoms with Crippen LogP contribution in [0.3, 0.4) is 0 Å². The van der Waals surface area contributed by atoms with Gasteiger partial charge >= 0.3 is 0 Å². The summed E-state index contributed by atoms with van der Waals surface area (Å²) in [6, 6.07) is 62.6. The van der Waals surface area contributed by atoms with E-state index in [0.717, 1.165) is 23.5 Å². The van der Waals surface area contributed by atoms with Gasteiger partial charge in [0.1, 0.15) is 0 Å². The fraction of sp³-hybridized carbons (Fsp3) is 0.138. The first-order valence-electron chi connectivity index (χ1n) is 21.1. The predicted molar refractivity (Wildman–Crippen MR) is 251 cm³/mol. The smallest absolute Gasteiger partial charge is 0.0468 e. The van der Waals surface area contributed by atoms with Gasteiger partial charge in [0.15, 0.2) is 0 Å². The normalized spacial score (nSPS) is 18.6. The molecule has 1 heteroatoms. The molecule has 0 aliphatic heterocycles. The van der Waals surface area contributed by atoms with Gasteiger partial charge in [0.2, 0.25) is 0 Å². The molecular formula is C58H49N. The number of benzene rings is 7. The summed E-state index contributed by atoms with van der Waals surface area (Å²) in [6.07, 6.45) is 17.4. The summed E-state index contributed by atoms with van der Waals surface area (Å²) in [6.45, 7) is 7.15. The van der Waals surface area contributed by atoms with Crippen LogP contribution in [0.4, 0.5) is 17.1 Å². The monoisotopic (exact) mass is 759 g/mol. The molecule has 0 N–H and O–H groups in total. The van der Waals surface area contributed by atoms with Crippen LogP contribution >= 0.6 is 0 Å². The third-order valence-electron chi connectivity index (χ3n) is 13.0. The highest BCUT2D eigenvalue weighted by Gasteiger charge is 2.44. The number of fused-ring (bicyclic) bond motifs is 3. The lowest BCUT2D eigenvalue weighted by atomic mass is 9.74. The summed E-state index contributed by atoms with van der Waals surface area (Å²) in [5.41, 5.74) is 18.7. The van der Waals surface area contributed by atoms with Crippen molar-refractivity contribution < 1.29 is 0 Å². The van der Waals surface area contributed by atoms with Crippen LogP contribution < -0.4 is 4.90 Å². The van der Waals surface area contributed by atoms with Crippen molar-refractivity contribution in [1.82, 2.24) is 0 Å². The second kappa shape index (κ2) is 15.2. The summed E-state index contributed by atoms with van der Waals surface area (Å²) in [4.78, 5) is 2.41. The summed E-state index contributed by atoms with van der Waals surface area (Å²) in [5.74, 6) is 1.45. The zero-order valence-corrected chi connectivity index (χ0v) is 34.1. The van der Waals surface area contributed by atoms with Crippen LogP contribution in [0.2, 0.25) is 0 Å². The molecule has 3 unspecified atom stereocenters. The minimum Gasteiger partial charge on any atom is -0.310 e. The van der Waals surface area contributed by atoms with Gasteiger partial charge in [0, 0.05) is 23.0 Å². The van der Waals surface area contributed by atoms with E-state index in [4.69, 9.17) is 0 Å². The van der Waals surface area contributed by atoms with E-state index in [9.17, 15) is 0 Å². The largest absolute Gasteiger partial charge is 0.310 e. The molecule has 0 spiro atoms. The maximum absolute atomic E-state index is 2.49. The Hall–Kier alpha value is -6.70. The van der Waals surface area contributed by atoms with Crippen LogP contribution in [-0.4, -0.2) is 0 Å². The molecule has 3 aliphatic carbocycles. The molecule has 0 saturated heterocycles. The van der Waals surface area contributed by atoms with E-state index in [0.29, 0.717) is 17.8 Å². The molecule has 0 heterocycles. The minimum absolute atomic E-state index is 0.0512. The zero-order chi connectivity index (χ0) is 39.9. The van der Waals surface area contributed by atoms with Crippen molar-refractivity contribution in [2.75, 3.05) is 4.90 Å². The van der Waals surface area contributed by atoms with Crippen LogP contribution in [0.5, 0.6) is 0 Å². The van der Waals surface area contributed by atoms with Gasteiger partial charge < -0.3 is 4.90 Å². The highest BCUT2D eigenvalue weighted by molar-refractivity contribution is 5.91. The number of nitrogens with zero attached hydrogens (tertiary/aromatic N) is 1. The molecule has 7 aromatic carbocycles. The Bertz CT molecular complexity index is 2750. The quantitative estimate of drug-likeness (QED) is 0.149. The average molecular weight is 760 g/mol. The van der Waals surface area contributed by atoms with Crippen molar-refractivity contribution in [2.45, 2.75) is 38.5 Å². The van der Waals surface area contributed by atoms with Gasteiger partial charge in [-0.25, -0.2) is 0 Å². The third kappa shape index (κ3) is 6.91. The van der Waals surface area contributed by atoms with Gasteiger partial charge in [-0.2, -0.15) is 0 Å². The first-order chi connectivity index (χ1) is 28.9. The van der Waals surface area contributed by atoms with Gasteiger partial charge in [-0.1, -0.05) is 197 Å². The van der Waals surface area contributed by atoms with Crippen LogP contribution in [0.15, 0.2) is 212 Å². The molecule has 0 amide bonds. The third-order valence-corrected chi connectivity index (χ3v) is 13.0. The van der Waals surface area contributed by atoms with Gasteiger partial charge in [-0.05, 0) is 127 Å². The fourth-order valence-corrected chi connectivity index (χ4v) is 9.60. The lowest BCUT2D eigenvalue weighted by Crippen LogP contribution is -2.24. The van der Waals surface area contributed by atoms with Crippen molar-refractivity contribution in [3.05, 3.63) is 229 Å². The Labute approximate surface area is 350 Å². The number of hydrogen-bond donors (Lipinski definition) is 0. The number of rotatable bonds is 8. The first-order valence-corrected chi connectivity index (χ1v) is 21.1. The second-order valence-corrected chi connectivity index (χ2v) is 17.0. The minimum atomic E-state index is 0.0512. The molecule has 0 fully saturated rings. The molecule has 7 aromatic rings. The summed E-state index contributed by atoms with van der Waals surface area (Å²) < 4.78 is 0. The van der Waals surface area contributed by atoms with Crippen LogP contribution in [0, 0.1) is 11.8 Å². The molecule has 3 atom stereocenters. The maximum Gasteiger partial charge on any atom is 0.0468 e. The van der Waals surface area contributed by atoms with E-state index in [1.165, 1.54) is 66.8 Å². The topological polar surface area (TPSA) is 3.24 Å². The van der Waals surface area contributed by atoms with Crippen LogP contribution in [0.1, 0.15) is 49.8 Å². The molecular weight excluding hydrogens is 711 g/mol. The maximum atomic E-state index is 2.49. The summed E-state index contributed by atoms with van der Waals surface area (Å²) in [5, 5.41) is 0. The molecule has 0 radical (unpaired) electrons. The van der Waals surface area contributed by atoms with E-state index in [2.05, 4.69) is 238 Å². The summed E-state index contributed by atoms with van der Waals surface area (Å²) in [7, 11) is 0. The van der Waals surface area contributed by atoms with Crippen molar-refractivity contribution in [3.8, 4) is 44.5 Å². The molecule has 0 aromatic heterocycles. The number of hydrogen-bond acceptors (Lipinski definition) is 1. The summed E-state index contributed by atoms with van der Waals surface area (Å²) >= 11 is 0. The van der Waals surface area contributed by atoms with Crippen molar-refractivity contribution in [2.24, 2.45) is 11.8 Å². The molecule has 286 valence electrons. The number of anilines is 3. The Morgan fingerprint density at radius 2 is 0.983 bits per heavy atom. The standard InChI is InChI=1S/C58H49N/c1-40-18-20-47(21-19-40)55-39-51(35-37-52(55)48-30-36-54-53-16-10-11-17-56(53)58(2,3)57(54)38-48)59(49-31-26-45(27-32-49)42-14-8-5-9-15-42)50-33-28-46(29-34-50)44-24-22-43(23-25-44)41-12-6-4-7-13-41/h4-18,20-40,53,56H,19H2,1-3H3. The fourth-order valence-electron chi connectivity index (χ4n) is 9.60. The van der Waals surface area contributed by atoms with Crippen LogP contribution in [0.25, 0.3) is 50.1 Å². The van der Waals surface area contributed by atoms with Gasteiger partial charge in [-0.15, -0.1) is 0 Å². The van der Waals surface area contributed by atoms with Crippen molar-refractivity contribution in [3.63, 3.8) is 0 Å². The van der Waals surface area contributed by atoms with E-state index in [-0.39, 0.29) is 5.41 Å². The van der Waals surface area contributed by atoms with Gasteiger partial charge in [0.05, 0.1) is 0 Å². The van der Waals surface area contributed by atoms with E-state index < -0.39 is 0 Å². The molecule has 59 heavy (non-hydrogen) atoms. The molecule has 3 aliphatic rings. The van der Waals surface area contributed by atoms with Crippen molar-refractivity contribution in [1.29, 1.82) is 0 Å². The van der Waals surface area contributed by atoms with Gasteiger partial charge in [-0.3, -0.25) is 0 Å². The predicted octanol–water partition coefficient (Wildman–Crippen LogP) is 15.9. The Balaban J connectivity index is 1.07. The molecule has 1 nitrogen and oxygen atoms in total. The molecule has 10 rings (SSSR count). The Morgan fingerprint density at radius 3 is 1.54 bits per heavy atom. The lowest BCUT2D eigenvalue weighted by Gasteiger charge is -2.29. The molecule has 0 saturated carbocycles. The first kappa shape index (κ1) is 36.6. The Morgan fingerprint density at radius 1 is 0.475 bits per heavy atom. The van der Waals surface area contributed by atoms with E-state index in [1.54, 1.807) is 0 Å². The second-order valence-electron chi connectivity index (χ2n) is 17.0. The average Bonchev–Trinajstić information content (AvgIpc) is 3.53. The van der Waals surface area contributed by atoms with Crippen LogP contribution in [-0.2, 0) is 5.41 Å². The zero-order valence-electron chi connectivity index (χ0n) is 34.1. The SMILES string of the molecule is CC1C=CC(c2cc(N(c3ccc(-c4ccccc4)cc3)c3ccc(-c4ccc(-c5ccccc5)cc4)cc3)ccc2-c2ccc3c(c2)C(C)(C)C2C=CC=CC32)=CC1. The highest BCUT2D eigenvalue weighted by atomic mass is 15.1. The van der Waals surface area contributed by atoms with Crippen molar-refractivity contribution >= 4 is 22.6 Å². The Kier molecular flexibility index (Phi) is 9.46. The number of allylic oxidation sites excluding steroid dienone is 8. The highest BCUT2D eigenvalue weighted by Crippen LogP contribution is 2.54. The van der Waals surface area contributed by atoms with E-state index in [1.807, 2.05) is 0 Å². The van der Waals surface area contributed by atoms with E-state index >= 15 is 0 Å². The lowest BCUT2D eigenvalue weighted by molar-refractivity contribution is 0.394.